The summed E-state index contributed by atoms with van der Waals surface area (Å²) < 4.78 is 11.4. The highest BCUT2D eigenvalue weighted by atomic mass is 16.6. The van der Waals surface area contributed by atoms with Crippen LogP contribution in [0.5, 0.6) is 11.5 Å². The van der Waals surface area contributed by atoms with Crippen molar-refractivity contribution in [3.8, 4) is 11.5 Å². The van der Waals surface area contributed by atoms with Gasteiger partial charge in [0.1, 0.15) is 24.7 Å². The molecule has 1 saturated heterocycles. The molecule has 6 heteroatoms. The minimum absolute atomic E-state index is 0.0388. The minimum Gasteiger partial charge on any atom is -0.490 e. The van der Waals surface area contributed by atoms with Gasteiger partial charge >= 0.3 is 0 Å². The maximum atomic E-state index is 11.0. The molecule has 0 aromatic heterocycles. The Morgan fingerprint density at radius 2 is 1.71 bits per heavy atom. The maximum Gasteiger partial charge on any atom is 0.273 e. The highest BCUT2D eigenvalue weighted by Crippen LogP contribution is 2.34. The highest BCUT2D eigenvalue weighted by Gasteiger charge is 2.19. The molecule has 0 radical (unpaired) electrons. The maximum absolute atomic E-state index is 11.0. The Morgan fingerprint density at radius 3 is 2.42 bits per heavy atom. The number of nitro benzene ring substituents is 1. The number of anilines is 1. The summed E-state index contributed by atoms with van der Waals surface area (Å²) in [5.74, 6) is 1.32. The smallest absolute Gasteiger partial charge is 0.273 e. The molecule has 0 amide bonds. The number of hydrogen-bond donors (Lipinski definition) is 0. The van der Waals surface area contributed by atoms with Gasteiger partial charge in [-0.15, -0.1) is 0 Å². The highest BCUT2D eigenvalue weighted by molar-refractivity contribution is 5.62. The van der Waals surface area contributed by atoms with E-state index in [4.69, 9.17) is 9.47 Å². The molecule has 0 N–H and O–H groups in total. The Morgan fingerprint density at radius 1 is 1.00 bits per heavy atom. The molecule has 0 atom stereocenters. The molecular weight excluding hydrogens is 308 g/mol. The zero-order valence-corrected chi connectivity index (χ0v) is 13.4. The predicted molar refractivity (Wildman–Crippen MR) is 92.0 cm³/mol. The summed E-state index contributed by atoms with van der Waals surface area (Å²) in [7, 11) is 0. The van der Waals surface area contributed by atoms with Crippen molar-refractivity contribution in [1.29, 1.82) is 0 Å². The van der Waals surface area contributed by atoms with E-state index in [0.29, 0.717) is 19.0 Å². The fourth-order valence-corrected chi connectivity index (χ4v) is 2.78. The zero-order chi connectivity index (χ0) is 16.8. The van der Waals surface area contributed by atoms with Crippen LogP contribution >= 0.6 is 0 Å². The van der Waals surface area contributed by atoms with Crippen molar-refractivity contribution < 1.29 is 14.4 Å². The van der Waals surface area contributed by atoms with Crippen LogP contribution in [-0.4, -0.2) is 31.2 Å². The van der Waals surface area contributed by atoms with E-state index >= 15 is 0 Å². The van der Waals surface area contributed by atoms with E-state index in [0.717, 1.165) is 37.4 Å². The lowest BCUT2D eigenvalue weighted by molar-refractivity contribution is -0.384. The number of nitrogens with zero attached hydrogens (tertiary/aromatic N) is 2. The standard InChI is InChI=1S/C18H20N2O4/c21-20(22)15-8-9-17(19-10-4-5-11-19)18(14-15)24-13-12-23-16-6-2-1-3-7-16/h1-3,6-9,14H,4-5,10-13H2. The van der Waals surface area contributed by atoms with Gasteiger partial charge < -0.3 is 14.4 Å². The van der Waals surface area contributed by atoms with Crippen LogP contribution in [0, 0.1) is 10.1 Å². The lowest BCUT2D eigenvalue weighted by atomic mass is 10.2. The molecule has 0 aliphatic carbocycles. The number of ether oxygens (including phenoxy) is 2. The van der Waals surface area contributed by atoms with Crippen molar-refractivity contribution in [2.45, 2.75) is 12.8 Å². The molecule has 1 heterocycles. The van der Waals surface area contributed by atoms with Crippen molar-refractivity contribution in [3.05, 3.63) is 58.6 Å². The van der Waals surface area contributed by atoms with E-state index in [-0.39, 0.29) is 5.69 Å². The average molecular weight is 328 g/mol. The number of non-ortho nitro benzene ring substituents is 1. The lowest BCUT2D eigenvalue weighted by Gasteiger charge is -2.21. The fourth-order valence-electron chi connectivity index (χ4n) is 2.78. The first-order valence-electron chi connectivity index (χ1n) is 8.08. The Balaban J connectivity index is 1.65. The van der Waals surface area contributed by atoms with Gasteiger partial charge in [0.15, 0.2) is 0 Å². The third kappa shape index (κ3) is 3.95. The van der Waals surface area contributed by atoms with Gasteiger partial charge in [-0.25, -0.2) is 0 Å². The molecule has 24 heavy (non-hydrogen) atoms. The summed E-state index contributed by atoms with van der Waals surface area (Å²) in [5, 5.41) is 11.0. The van der Waals surface area contributed by atoms with E-state index in [1.54, 1.807) is 6.07 Å². The Labute approximate surface area is 140 Å². The molecular formula is C18H20N2O4. The Kier molecular flexibility index (Phi) is 5.15. The first-order chi connectivity index (χ1) is 11.7. The summed E-state index contributed by atoms with van der Waals surface area (Å²) in [6, 6.07) is 14.3. The second kappa shape index (κ2) is 7.68. The molecule has 1 aliphatic heterocycles. The molecule has 0 spiro atoms. The topological polar surface area (TPSA) is 64.8 Å². The molecule has 1 aliphatic rings. The van der Waals surface area contributed by atoms with E-state index in [1.165, 1.54) is 12.1 Å². The van der Waals surface area contributed by atoms with Crippen LogP contribution in [-0.2, 0) is 0 Å². The number of nitro groups is 1. The van der Waals surface area contributed by atoms with Crippen LogP contribution in [0.3, 0.4) is 0 Å². The SMILES string of the molecule is O=[N+]([O-])c1ccc(N2CCCC2)c(OCCOc2ccccc2)c1. The Hall–Kier alpha value is -2.76. The van der Waals surface area contributed by atoms with Gasteiger partial charge in [0, 0.05) is 19.2 Å². The monoisotopic (exact) mass is 328 g/mol. The van der Waals surface area contributed by atoms with Crippen LogP contribution in [0.4, 0.5) is 11.4 Å². The number of hydrogen-bond acceptors (Lipinski definition) is 5. The van der Waals surface area contributed by atoms with E-state index in [9.17, 15) is 10.1 Å². The fraction of sp³-hybridized carbons (Fsp3) is 0.333. The number of benzene rings is 2. The van der Waals surface area contributed by atoms with Gasteiger partial charge in [0.2, 0.25) is 0 Å². The number of para-hydroxylation sites is 1. The Bertz CT molecular complexity index is 685. The molecule has 2 aromatic carbocycles. The molecule has 0 bridgehead atoms. The molecule has 1 fully saturated rings. The van der Waals surface area contributed by atoms with Gasteiger partial charge in [0.05, 0.1) is 16.7 Å². The van der Waals surface area contributed by atoms with Crippen LogP contribution < -0.4 is 14.4 Å². The molecule has 3 rings (SSSR count). The van der Waals surface area contributed by atoms with Crippen molar-refractivity contribution >= 4 is 11.4 Å². The molecule has 0 unspecified atom stereocenters. The predicted octanol–water partition coefficient (Wildman–Crippen LogP) is 3.65. The van der Waals surface area contributed by atoms with Gasteiger partial charge in [0.25, 0.3) is 5.69 Å². The van der Waals surface area contributed by atoms with Crippen molar-refractivity contribution in [1.82, 2.24) is 0 Å². The normalized spacial score (nSPS) is 13.8. The third-order valence-corrected chi connectivity index (χ3v) is 3.95. The zero-order valence-electron chi connectivity index (χ0n) is 13.4. The van der Waals surface area contributed by atoms with Gasteiger partial charge in [-0.2, -0.15) is 0 Å². The van der Waals surface area contributed by atoms with Crippen LogP contribution in [0.1, 0.15) is 12.8 Å². The minimum atomic E-state index is -0.402. The van der Waals surface area contributed by atoms with Gasteiger partial charge in [-0.3, -0.25) is 10.1 Å². The number of rotatable bonds is 7. The quantitative estimate of drug-likeness (QED) is 0.441. The first-order valence-corrected chi connectivity index (χ1v) is 8.08. The largest absolute Gasteiger partial charge is 0.490 e. The van der Waals surface area contributed by atoms with Crippen molar-refractivity contribution in [3.63, 3.8) is 0 Å². The summed E-state index contributed by atoms with van der Waals surface area (Å²) in [4.78, 5) is 12.8. The van der Waals surface area contributed by atoms with E-state index in [1.807, 2.05) is 30.3 Å². The van der Waals surface area contributed by atoms with Crippen molar-refractivity contribution in [2.24, 2.45) is 0 Å². The van der Waals surface area contributed by atoms with E-state index in [2.05, 4.69) is 4.90 Å². The van der Waals surface area contributed by atoms with Crippen LogP contribution in [0.25, 0.3) is 0 Å². The van der Waals surface area contributed by atoms with Crippen molar-refractivity contribution in [2.75, 3.05) is 31.2 Å². The van der Waals surface area contributed by atoms with Gasteiger partial charge in [-0.05, 0) is 31.0 Å². The average Bonchev–Trinajstić information content (AvgIpc) is 3.14. The lowest BCUT2D eigenvalue weighted by Crippen LogP contribution is -2.19. The summed E-state index contributed by atoms with van der Waals surface area (Å²) in [6.45, 7) is 2.62. The van der Waals surface area contributed by atoms with Gasteiger partial charge in [-0.1, -0.05) is 18.2 Å². The second-order valence-electron chi connectivity index (χ2n) is 5.61. The van der Waals surface area contributed by atoms with Crippen LogP contribution in [0.2, 0.25) is 0 Å². The molecule has 0 saturated carbocycles. The summed E-state index contributed by atoms with van der Waals surface area (Å²) in [6.07, 6.45) is 2.26. The summed E-state index contributed by atoms with van der Waals surface area (Å²) >= 11 is 0. The molecule has 2 aromatic rings. The van der Waals surface area contributed by atoms with E-state index < -0.39 is 4.92 Å². The second-order valence-corrected chi connectivity index (χ2v) is 5.61. The molecule has 6 nitrogen and oxygen atoms in total. The van der Waals surface area contributed by atoms with Crippen LogP contribution in [0.15, 0.2) is 48.5 Å². The molecule has 126 valence electrons. The first kappa shape index (κ1) is 16.1. The third-order valence-electron chi connectivity index (χ3n) is 3.95. The summed E-state index contributed by atoms with van der Waals surface area (Å²) in [5.41, 5.74) is 0.953.